The lowest BCUT2D eigenvalue weighted by molar-refractivity contribution is 0.482. The van der Waals surface area contributed by atoms with Crippen LogP contribution in [0.3, 0.4) is 0 Å². The molecule has 0 bridgehead atoms. The lowest BCUT2D eigenvalue weighted by atomic mass is 10.2. The summed E-state index contributed by atoms with van der Waals surface area (Å²) in [7, 11) is 0. The van der Waals surface area contributed by atoms with Gasteiger partial charge in [-0.1, -0.05) is 6.92 Å². The standard InChI is InChI=1S/C19H21BrN6OS/c1-3-28-14-7-6-13(21-9-14)8-22-17-19(27)26(11(2)12-4-5-12)18-16(25-17)23-10-15(20)24-18/h6-7,9-12H,3-5,8H2,1-2H3,(H,22,23,25)/t11-/m0/s1. The monoisotopic (exact) mass is 460 g/mol. The van der Waals surface area contributed by atoms with Crippen LogP contribution in [0.15, 0.2) is 38.8 Å². The van der Waals surface area contributed by atoms with E-state index in [4.69, 9.17) is 0 Å². The second-order valence-electron chi connectivity index (χ2n) is 6.83. The number of nitrogens with one attached hydrogen (secondary N) is 1. The van der Waals surface area contributed by atoms with Gasteiger partial charge in [-0.05, 0) is 59.5 Å². The Hall–Kier alpha value is -2.00. The first kappa shape index (κ1) is 19.3. The fraction of sp³-hybridized carbons (Fsp3) is 0.421. The minimum atomic E-state index is -0.169. The number of rotatable bonds is 7. The zero-order valence-electron chi connectivity index (χ0n) is 15.7. The van der Waals surface area contributed by atoms with Gasteiger partial charge in [-0.15, -0.1) is 11.8 Å². The van der Waals surface area contributed by atoms with E-state index in [1.165, 1.54) is 0 Å². The van der Waals surface area contributed by atoms with Crippen LogP contribution >= 0.6 is 27.7 Å². The zero-order valence-corrected chi connectivity index (χ0v) is 18.1. The van der Waals surface area contributed by atoms with Crippen molar-refractivity contribution in [1.82, 2.24) is 24.5 Å². The van der Waals surface area contributed by atoms with E-state index in [-0.39, 0.29) is 17.4 Å². The highest BCUT2D eigenvalue weighted by atomic mass is 79.9. The fourth-order valence-corrected chi connectivity index (χ4v) is 4.08. The van der Waals surface area contributed by atoms with E-state index in [0.29, 0.717) is 28.4 Å². The molecule has 9 heteroatoms. The third-order valence-electron chi connectivity index (χ3n) is 4.83. The molecule has 0 aliphatic heterocycles. The van der Waals surface area contributed by atoms with Crippen LogP contribution in [0.2, 0.25) is 0 Å². The van der Waals surface area contributed by atoms with Gasteiger partial charge in [0.05, 0.1) is 18.4 Å². The third-order valence-corrected chi connectivity index (χ3v) is 6.08. The first-order valence-electron chi connectivity index (χ1n) is 9.33. The van der Waals surface area contributed by atoms with E-state index >= 15 is 0 Å². The number of hydrogen-bond acceptors (Lipinski definition) is 7. The van der Waals surface area contributed by atoms with Gasteiger partial charge in [0.15, 0.2) is 17.1 Å². The molecule has 1 aliphatic carbocycles. The van der Waals surface area contributed by atoms with Crippen LogP contribution in [-0.2, 0) is 6.54 Å². The molecule has 1 fully saturated rings. The molecule has 0 aromatic carbocycles. The van der Waals surface area contributed by atoms with Crippen LogP contribution in [0, 0.1) is 5.92 Å². The molecule has 1 N–H and O–H groups in total. The topological polar surface area (TPSA) is 85.6 Å². The minimum Gasteiger partial charge on any atom is -0.360 e. The van der Waals surface area contributed by atoms with Gasteiger partial charge in [-0.3, -0.25) is 14.3 Å². The lowest BCUT2D eigenvalue weighted by Crippen LogP contribution is -2.29. The molecule has 0 spiro atoms. The predicted molar refractivity (Wildman–Crippen MR) is 115 cm³/mol. The van der Waals surface area contributed by atoms with Crippen molar-refractivity contribution in [3.63, 3.8) is 0 Å². The molecule has 0 radical (unpaired) electrons. The molecule has 0 unspecified atom stereocenters. The smallest absolute Gasteiger partial charge is 0.295 e. The molecular weight excluding hydrogens is 440 g/mol. The van der Waals surface area contributed by atoms with Gasteiger partial charge in [0.25, 0.3) is 5.56 Å². The van der Waals surface area contributed by atoms with Crippen molar-refractivity contribution in [3.05, 3.63) is 45.2 Å². The average Bonchev–Trinajstić information content (AvgIpc) is 3.53. The molecule has 1 aliphatic rings. The largest absolute Gasteiger partial charge is 0.360 e. The van der Waals surface area contributed by atoms with Crippen molar-refractivity contribution in [2.45, 2.75) is 44.2 Å². The Morgan fingerprint density at radius 1 is 1.29 bits per heavy atom. The van der Waals surface area contributed by atoms with Gasteiger partial charge in [0.2, 0.25) is 0 Å². The highest BCUT2D eigenvalue weighted by Crippen LogP contribution is 2.39. The summed E-state index contributed by atoms with van der Waals surface area (Å²) in [6.45, 7) is 4.60. The Morgan fingerprint density at radius 3 is 2.79 bits per heavy atom. The normalized spacial score (nSPS) is 15.0. The summed E-state index contributed by atoms with van der Waals surface area (Å²) >= 11 is 5.10. The molecule has 28 heavy (non-hydrogen) atoms. The van der Waals surface area contributed by atoms with E-state index < -0.39 is 0 Å². The zero-order chi connectivity index (χ0) is 19.7. The Morgan fingerprint density at radius 2 is 2.11 bits per heavy atom. The molecule has 3 heterocycles. The maximum atomic E-state index is 13.2. The summed E-state index contributed by atoms with van der Waals surface area (Å²) in [6.07, 6.45) is 5.72. The van der Waals surface area contributed by atoms with Crippen LogP contribution in [0.5, 0.6) is 0 Å². The van der Waals surface area contributed by atoms with Crippen molar-refractivity contribution in [1.29, 1.82) is 0 Å². The number of halogens is 1. The SMILES string of the molecule is CCSc1ccc(CNc2nc3ncc(Br)nc3n([C@@H](C)C3CC3)c2=O)nc1. The van der Waals surface area contributed by atoms with Crippen LogP contribution in [0.25, 0.3) is 11.3 Å². The number of nitrogens with zero attached hydrogens (tertiary/aromatic N) is 5. The number of thioether (sulfide) groups is 1. The van der Waals surface area contributed by atoms with Crippen LogP contribution in [-0.4, -0.2) is 30.3 Å². The van der Waals surface area contributed by atoms with Gasteiger partial charge in [0, 0.05) is 17.1 Å². The molecule has 0 amide bonds. The van der Waals surface area contributed by atoms with Crippen LogP contribution < -0.4 is 10.9 Å². The van der Waals surface area contributed by atoms with E-state index in [9.17, 15) is 4.79 Å². The van der Waals surface area contributed by atoms with E-state index in [2.05, 4.69) is 55.0 Å². The summed E-state index contributed by atoms with van der Waals surface area (Å²) in [4.78, 5) is 32.0. The Labute approximate surface area is 175 Å². The minimum absolute atomic E-state index is 0.0608. The molecule has 3 aromatic rings. The number of anilines is 1. The summed E-state index contributed by atoms with van der Waals surface area (Å²) in [5.41, 5.74) is 1.66. The Bertz CT molecular complexity index is 1050. The van der Waals surface area contributed by atoms with Gasteiger partial charge >= 0.3 is 0 Å². The first-order valence-corrected chi connectivity index (χ1v) is 11.1. The second kappa shape index (κ2) is 8.16. The Kier molecular flexibility index (Phi) is 5.63. The predicted octanol–water partition coefficient (Wildman–Crippen LogP) is 4.04. The van der Waals surface area contributed by atoms with Gasteiger partial charge in [-0.25, -0.2) is 15.0 Å². The third kappa shape index (κ3) is 4.05. The van der Waals surface area contributed by atoms with E-state index in [1.807, 2.05) is 18.3 Å². The molecule has 4 rings (SSSR count). The molecule has 1 saturated carbocycles. The fourth-order valence-electron chi connectivity index (χ4n) is 3.18. The van der Waals surface area contributed by atoms with Gasteiger partial charge in [0.1, 0.15) is 4.60 Å². The van der Waals surface area contributed by atoms with Crippen molar-refractivity contribution < 1.29 is 0 Å². The van der Waals surface area contributed by atoms with Crippen LogP contribution in [0.4, 0.5) is 5.82 Å². The molecule has 0 saturated heterocycles. The van der Waals surface area contributed by atoms with Crippen molar-refractivity contribution in [3.8, 4) is 0 Å². The molecular formula is C19H21BrN6OS. The summed E-state index contributed by atoms with van der Waals surface area (Å²) in [6, 6.07) is 4.07. The Balaban J connectivity index is 1.66. The first-order chi connectivity index (χ1) is 13.6. The summed E-state index contributed by atoms with van der Waals surface area (Å²) in [5.74, 6) is 1.79. The highest BCUT2D eigenvalue weighted by Gasteiger charge is 2.32. The van der Waals surface area contributed by atoms with Crippen LogP contribution in [0.1, 0.15) is 38.4 Å². The molecule has 146 valence electrons. The quantitative estimate of drug-likeness (QED) is 0.532. The summed E-state index contributed by atoms with van der Waals surface area (Å²) < 4.78 is 2.32. The lowest BCUT2D eigenvalue weighted by Gasteiger charge is -2.17. The van der Waals surface area contributed by atoms with Crippen molar-refractivity contribution >= 4 is 44.8 Å². The maximum absolute atomic E-state index is 13.2. The van der Waals surface area contributed by atoms with Gasteiger partial charge < -0.3 is 5.32 Å². The van der Waals surface area contributed by atoms with E-state index in [1.54, 1.807) is 22.5 Å². The number of hydrogen-bond donors (Lipinski definition) is 1. The molecule has 7 nitrogen and oxygen atoms in total. The summed E-state index contributed by atoms with van der Waals surface area (Å²) in [5, 5.41) is 3.15. The molecule has 1 atom stereocenters. The number of pyridine rings is 1. The van der Waals surface area contributed by atoms with E-state index in [0.717, 1.165) is 29.2 Å². The number of aromatic nitrogens is 5. The number of fused-ring (bicyclic) bond motifs is 1. The van der Waals surface area contributed by atoms with Crippen molar-refractivity contribution in [2.75, 3.05) is 11.1 Å². The van der Waals surface area contributed by atoms with Gasteiger partial charge in [-0.2, -0.15) is 0 Å². The maximum Gasteiger partial charge on any atom is 0.295 e. The molecule has 3 aromatic heterocycles. The second-order valence-corrected chi connectivity index (χ2v) is 8.98. The highest BCUT2D eigenvalue weighted by molar-refractivity contribution is 9.10. The average molecular weight is 461 g/mol. The van der Waals surface area contributed by atoms with Crippen molar-refractivity contribution in [2.24, 2.45) is 5.92 Å².